The molecule has 39 heavy (non-hydrogen) atoms. The largest absolute Gasteiger partial charge is 0.490 e. The average molecular weight is 545 g/mol. The molecule has 2 N–H and O–H groups in total. The summed E-state index contributed by atoms with van der Waals surface area (Å²) in [6.45, 7) is 27.2. The Bertz CT molecular complexity index is 720. The van der Waals surface area contributed by atoms with Gasteiger partial charge in [-0.05, 0) is 71.3 Å². The monoisotopic (exact) mass is 545 g/mol. The summed E-state index contributed by atoms with van der Waals surface area (Å²) >= 11 is 0. The Balaban J connectivity index is 2.47. The van der Waals surface area contributed by atoms with Crippen molar-refractivity contribution in [3.05, 3.63) is 36.4 Å². The minimum absolute atomic E-state index is 0.0235. The van der Waals surface area contributed by atoms with E-state index in [0.29, 0.717) is 12.0 Å². The molecule has 0 saturated carbocycles. The molecule has 0 saturated heterocycles. The first-order chi connectivity index (χ1) is 18.4. The van der Waals surface area contributed by atoms with Crippen molar-refractivity contribution in [2.45, 2.75) is 182 Å². The molecule has 0 aromatic heterocycles. The van der Waals surface area contributed by atoms with Crippen LogP contribution in [-0.2, 0) is 4.74 Å². The molecule has 0 fully saturated rings. The van der Waals surface area contributed by atoms with Crippen LogP contribution in [0.25, 0.3) is 0 Å². The molecule has 0 radical (unpaired) electrons. The zero-order chi connectivity index (χ0) is 29.3. The van der Waals surface area contributed by atoms with Gasteiger partial charge in [0.15, 0.2) is 0 Å². The van der Waals surface area contributed by atoms with E-state index in [-0.39, 0.29) is 17.1 Å². The van der Waals surface area contributed by atoms with Gasteiger partial charge in [-0.3, -0.25) is 0 Å². The van der Waals surface area contributed by atoms with E-state index in [2.05, 4.69) is 85.3 Å². The Morgan fingerprint density at radius 1 is 0.872 bits per heavy atom. The fourth-order valence-electron chi connectivity index (χ4n) is 6.25. The van der Waals surface area contributed by atoms with E-state index in [9.17, 15) is 0 Å². The van der Waals surface area contributed by atoms with Crippen LogP contribution in [0.5, 0.6) is 0 Å². The summed E-state index contributed by atoms with van der Waals surface area (Å²) in [5, 5.41) is 7.54. The lowest BCUT2D eigenvalue weighted by Gasteiger charge is -2.38. The van der Waals surface area contributed by atoms with Gasteiger partial charge in [0, 0.05) is 28.4 Å². The van der Waals surface area contributed by atoms with Crippen molar-refractivity contribution in [2.75, 3.05) is 0 Å². The van der Waals surface area contributed by atoms with Crippen LogP contribution in [0, 0.1) is 11.3 Å². The highest BCUT2D eigenvalue weighted by Crippen LogP contribution is 2.39. The number of allylic oxidation sites excluding steroid dienone is 3. The zero-order valence-corrected chi connectivity index (χ0v) is 27.7. The Labute approximate surface area is 245 Å². The third-order valence-corrected chi connectivity index (χ3v) is 8.46. The summed E-state index contributed by atoms with van der Waals surface area (Å²) in [5.74, 6) is 1.78. The molecule has 228 valence electrons. The molecule has 1 rings (SSSR count). The van der Waals surface area contributed by atoms with Gasteiger partial charge in [0.05, 0.1) is 0 Å². The van der Waals surface area contributed by atoms with Gasteiger partial charge < -0.3 is 15.4 Å². The van der Waals surface area contributed by atoms with Gasteiger partial charge in [-0.15, -0.1) is 0 Å². The zero-order valence-electron chi connectivity index (χ0n) is 27.7. The molecule has 1 aliphatic heterocycles. The summed E-state index contributed by atoms with van der Waals surface area (Å²) in [5.41, 5.74) is 2.52. The normalized spacial score (nSPS) is 17.0. The maximum absolute atomic E-state index is 6.13. The maximum atomic E-state index is 6.13. The van der Waals surface area contributed by atoms with Gasteiger partial charge in [0.1, 0.15) is 11.9 Å². The van der Waals surface area contributed by atoms with Gasteiger partial charge >= 0.3 is 0 Å². The van der Waals surface area contributed by atoms with E-state index in [1.807, 2.05) is 0 Å². The summed E-state index contributed by atoms with van der Waals surface area (Å²) in [4.78, 5) is 0. The molecule has 0 amide bonds. The highest BCUT2D eigenvalue weighted by molar-refractivity contribution is 5.16. The molecule has 1 aliphatic rings. The third kappa shape index (κ3) is 15.3. The van der Waals surface area contributed by atoms with E-state index in [0.717, 1.165) is 25.0 Å². The molecule has 3 unspecified atom stereocenters. The molecular weight excluding hydrogens is 476 g/mol. The quantitative estimate of drug-likeness (QED) is 0.112. The number of nitrogens with one attached hydrogen (secondary N) is 2. The van der Waals surface area contributed by atoms with E-state index in [4.69, 9.17) is 4.74 Å². The second kappa shape index (κ2) is 18.9. The molecule has 3 atom stereocenters. The van der Waals surface area contributed by atoms with Crippen molar-refractivity contribution in [1.82, 2.24) is 10.6 Å². The molecule has 3 heteroatoms. The second-order valence-corrected chi connectivity index (χ2v) is 13.8. The van der Waals surface area contributed by atoms with Crippen LogP contribution in [0.15, 0.2) is 36.4 Å². The van der Waals surface area contributed by atoms with E-state index in [1.54, 1.807) is 0 Å². The van der Waals surface area contributed by atoms with E-state index in [1.165, 1.54) is 101 Å². The summed E-state index contributed by atoms with van der Waals surface area (Å²) < 4.78 is 6.13. The van der Waals surface area contributed by atoms with Gasteiger partial charge in [-0.2, -0.15) is 0 Å². The number of ether oxygens (including phenoxy) is 1. The van der Waals surface area contributed by atoms with Crippen molar-refractivity contribution < 1.29 is 4.74 Å². The van der Waals surface area contributed by atoms with Crippen molar-refractivity contribution in [3.63, 3.8) is 0 Å². The average Bonchev–Trinajstić information content (AvgIpc) is 2.80. The van der Waals surface area contributed by atoms with Crippen LogP contribution < -0.4 is 10.6 Å². The second-order valence-electron chi connectivity index (χ2n) is 13.8. The Kier molecular flexibility index (Phi) is 17.2. The van der Waals surface area contributed by atoms with E-state index >= 15 is 0 Å². The topological polar surface area (TPSA) is 33.3 Å². The van der Waals surface area contributed by atoms with Crippen LogP contribution in [0.4, 0.5) is 0 Å². The van der Waals surface area contributed by atoms with Gasteiger partial charge in [0.2, 0.25) is 0 Å². The van der Waals surface area contributed by atoms with Crippen LogP contribution in [0.2, 0.25) is 0 Å². The smallest absolute Gasteiger partial charge is 0.120 e. The minimum atomic E-state index is -0.0235. The predicted octanol–water partition coefficient (Wildman–Crippen LogP) is 11.0. The Morgan fingerprint density at radius 2 is 1.41 bits per heavy atom. The SMILES string of the molecule is C=C(CCC1C=C(C(C)(C)CCC)O1)NC(C)(C)CC(C)NC(=C)C(CCCCCC)CCCCCCCC. The number of hydrogen-bond donors (Lipinski definition) is 2. The molecule has 0 bridgehead atoms. The summed E-state index contributed by atoms with van der Waals surface area (Å²) in [6, 6.07) is 0.372. The van der Waals surface area contributed by atoms with Crippen LogP contribution in [0.3, 0.4) is 0 Å². The Morgan fingerprint density at radius 3 is 1.97 bits per heavy atom. The number of hydrogen-bond acceptors (Lipinski definition) is 3. The predicted molar refractivity (Wildman–Crippen MR) is 174 cm³/mol. The van der Waals surface area contributed by atoms with Crippen molar-refractivity contribution in [1.29, 1.82) is 0 Å². The van der Waals surface area contributed by atoms with Crippen LogP contribution in [0.1, 0.15) is 165 Å². The van der Waals surface area contributed by atoms with Gasteiger partial charge in [-0.1, -0.05) is 118 Å². The molecule has 0 spiro atoms. The lowest BCUT2D eigenvalue weighted by Crippen LogP contribution is -2.44. The summed E-state index contributed by atoms with van der Waals surface area (Å²) in [6.07, 6.45) is 24.0. The fraction of sp³-hybridized carbons (Fsp3) is 0.833. The number of rotatable bonds is 25. The molecule has 1 heterocycles. The van der Waals surface area contributed by atoms with Crippen molar-refractivity contribution >= 4 is 0 Å². The first kappa shape index (κ1) is 35.6. The number of unbranched alkanes of at least 4 members (excludes halogenated alkanes) is 8. The lowest BCUT2D eigenvalue weighted by molar-refractivity contribution is 0.0423. The maximum Gasteiger partial charge on any atom is 0.120 e. The van der Waals surface area contributed by atoms with Gasteiger partial charge in [-0.25, -0.2) is 0 Å². The van der Waals surface area contributed by atoms with E-state index < -0.39 is 0 Å². The minimum Gasteiger partial charge on any atom is -0.490 e. The lowest BCUT2D eigenvalue weighted by atomic mass is 9.83. The molecule has 3 nitrogen and oxygen atoms in total. The standard InChI is InChI=1S/C36H68N2O/c1-11-14-16-18-19-21-23-32(22-20-17-15-12-2)31(6)37-30(5)28-36(9,10)38-29(4)24-25-33-27-34(39-33)35(7,8)26-13-3/h27,30,32-33,37-38H,4,6,11-26,28H2,1-3,5,7-10H3. The van der Waals surface area contributed by atoms with Gasteiger partial charge in [0.25, 0.3) is 0 Å². The molecule has 0 aromatic carbocycles. The highest BCUT2D eigenvalue weighted by atomic mass is 16.5. The Hall–Kier alpha value is -1.38. The van der Waals surface area contributed by atoms with Crippen molar-refractivity contribution in [3.8, 4) is 0 Å². The summed E-state index contributed by atoms with van der Waals surface area (Å²) in [7, 11) is 0. The fourth-order valence-corrected chi connectivity index (χ4v) is 6.25. The molecule has 0 aliphatic carbocycles. The first-order valence-electron chi connectivity index (χ1n) is 16.7. The van der Waals surface area contributed by atoms with Crippen LogP contribution >= 0.6 is 0 Å². The van der Waals surface area contributed by atoms with Crippen LogP contribution in [-0.4, -0.2) is 17.7 Å². The molecule has 0 aromatic rings. The molecular formula is C36H68N2O. The highest BCUT2D eigenvalue weighted by Gasteiger charge is 2.33. The van der Waals surface area contributed by atoms with Crippen molar-refractivity contribution in [2.24, 2.45) is 11.3 Å². The third-order valence-electron chi connectivity index (χ3n) is 8.46. The first-order valence-corrected chi connectivity index (χ1v) is 16.7.